The highest BCUT2D eigenvalue weighted by atomic mass is 16.5. The van der Waals surface area contributed by atoms with E-state index in [2.05, 4.69) is 59.3 Å². The monoisotopic (exact) mass is 422 g/mol. The van der Waals surface area contributed by atoms with Crippen LogP contribution >= 0.6 is 0 Å². The Kier molecular flexibility index (Phi) is 6.67. The lowest BCUT2D eigenvalue weighted by Crippen LogP contribution is -2.05. The van der Waals surface area contributed by atoms with Crippen LogP contribution in [0.5, 0.6) is 0 Å². The van der Waals surface area contributed by atoms with Crippen molar-refractivity contribution in [2.45, 2.75) is 32.6 Å². The molecule has 1 aromatic heterocycles. The Morgan fingerprint density at radius 3 is 2.56 bits per heavy atom. The van der Waals surface area contributed by atoms with Crippen LogP contribution in [0.3, 0.4) is 0 Å². The van der Waals surface area contributed by atoms with Crippen LogP contribution in [-0.2, 0) is 28.8 Å². The second-order valence-corrected chi connectivity index (χ2v) is 7.83. The predicted molar refractivity (Wildman–Crippen MR) is 127 cm³/mol. The fraction of sp³-hybridized carbons (Fsp3) is 0.214. The maximum Gasteiger partial charge on any atom is 0.306 e. The van der Waals surface area contributed by atoms with E-state index in [1.165, 1.54) is 16.5 Å². The third-order valence-electron chi connectivity index (χ3n) is 5.65. The maximum atomic E-state index is 11.8. The molecule has 0 spiro atoms. The summed E-state index contributed by atoms with van der Waals surface area (Å²) in [5.41, 5.74) is 6.39. The van der Waals surface area contributed by atoms with Crippen LogP contribution in [0.15, 0.2) is 79.0 Å². The minimum atomic E-state index is -0.164. The van der Waals surface area contributed by atoms with Gasteiger partial charge >= 0.3 is 5.97 Å². The highest BCUT2D eigenvalue weighted by molar-refractivity contribution is 5.86. The number of aryl methyl sites for hydroxylation is 3. The molecule has 4 heteroatoms. The van der Waals surface area contributed by atoms with Gasteiger partial charge in [-0.3, -0.25) is 4.79 Å². The summed E-state index contributed by atoms with van der Waals surface area (Å²) in [5, 5.41) is 10.5. The number of hydrogen-bond acceptors (Lipinski definition) is 3. The van der Waals surface area contributed by atoms with E-state index in [4.69, 9.17) is 4.74 Å². The lowest BCUT2D eigenvalue weighted by atomic mass is 10.0. The largest absolute Gasteiger partial charge is 0.466 e. The molecule has 0 fully saturated rings. The van der Waals surface area contributed by atoms with Gasteiger partial charge in [0.15, 0.2) is 0 Å². The van der Waals surface area contributed by atoms with Crippen molar-refractivity contribution in [2.24, 2.45) is 0 Å². The Hall–Kier alpha value is -3.84. The van der Waals surface area contributed by atoms with Gasteiger partial charge in [-0.1, -0.05) is 42.5 Å². The number of benzene rings is 3. The zero-order chi connectivity index (χ0) is 22.3. The lowest BCUT2D eigenvalue weighted by Gasteiger charge is -2.07. The molecule has 0 saturated carbocycles. The van der Waals surface area contributed by atoms with E-state index in [9.17, 15) is 10.1 Å². The van der Waals surface area contributed by atoms with Crippen molar-refractivity contribution in [2.75, 3.05) is 6.61 Å². The summed E-state index contributed by atoms with van der Waals surface area (Å²) in [7, 11) is 0. The molecular weight excluding hydrogens is 396 g/mol. The highest BCUT2D eigenvalue weighted by Gasteiger charge is 2.12. The Balaban J connectivity index is 1.70. The van der Waals surface area contributed by atoms with Crippen molar-refractivity contribution in [1.29, 1.82) is 5.26 Å². The van der Waals surface area contributed by atoms with Gasteiger partial charge in [0.05, 0.1) is 23.8 Å². The SMILES string of the molecule is CCOC(=O)CCc1ccc2c(c1)c(CCc1ccccc1)cn2-c1cccc(C#N)c1. The van der Waals surface area contributed by atoms with Gasteiger partial charge in [-0.2, -0.15) is 5.26 Å². The average molecular weight is 423 g/mol. The molecule has 0 aliphatic rings. The lowest BCUT2D eigenvalue weighted by molar-refractivity contribution is -0.143. The van der Waals surface area contributed by atoms with Crippen LogP contribution in [0.2, 0.25) is 0 Å². The zero-order valence-corrected chi connectivity index (χ0v) is 18.3. The Bertz CT molecular complexity index is 1270. The molecule has 0 unspecified atom stereocenters. The van der Waals surface area contributed by atoms with E-state index < -0.39 is 0 Å². The first-order valence-corrected chi connectivity index (χ1v) is 11.0. The molecular formula is C28H26N2O2. The number of hydrogen-bond donors (Lipinski definition) is 0. The molecule has 0 amide bonds. The molecule has 0 radical (unpaired) electrons. The van der Waals surface area contributed by atoms with E-state index >= 15 is 0 Å². The molecule has 0 atom stereocenters. The maximum absolute atomic E-state index is 11.8. The summed E-state index contributed by atoms with van der Waals surface area (Å²) >= 11 is 0. The highest BCUT2D eigenvalue weighted by Crippen LogP contribution is 2.28. The Morgan fingerprint density at radius 1 is 0.938 bits per heavy atom. The van der Waals surface area contributed by atoms with Gasteiger partial charge in [-0.25, -0.2) is 0 Å². The average Bonchev–Trinajstić information content (AvgIpc) is 3.20. The van der Waals surface area contributed by atoms with Crippen molar-refractivity contribution in [1.82, 2.24) is 4.57 Å². The predicted octanol–water partition coefficient (Wildman–Crippen LogP) is 5.78. The van der Waals surface area contributed by atoms with Gasteiger partial charge in [0.25, 0.3) is 0 Å². The molecule has 4 nitrogen and oxygen atoms in total. The van der Waals surface area contributed by atoms with Gasteiger partial charge in [0, 0.05) is 23.7 Å². The fourth-order valence-electron chi connectivity index (χ4n) is 4.04. The minimum absolute atomic E-state index is 0.164. The Morgan fingerprint density at radius 2 is 1.78 bits per heavy atom. The van der Waals surface area contributed by atoms with E-state index in [0.717, 1.165) is 29.6 Å². The van der Waals surface area contributed by atoms with E-state index in [1.54, 1.807) is 0 Å². The van der Waals surface area contributed by atoms with E-state index in [-0.39, 0.29) is 5.97 Å². The smallest absolute Gasteiger partial charge is 0.306 e. The summed E-state index contributed by atoms with van der Waals surface area (Å²) in [5.74, 6) is -0.164. The van der Waals surface area contributed by atoms with Crippen molar-refractivity contribution in [3.05, 3.63) is 101 Å². The number of rotatable bonds is 8. The summed E-state index contributed by atoms with van der Waals surface area (Å²) < 4.78 is 7.24. The van der Waals surface area contributed by atoms with Crippen LogP contribution in [0.25, 0.3) is 16.6 Å². The molecule has 1 heterocycles. The summed E-state index contributed by atoms with van der Waals surface area (Å²) in [6.07, 6.45) is 5.07. The summed E-state index contributed by atoms with van der Waals surface area (Å²) in [6.45, 7) is 2.24. The zero-order valence-electron chi connectivity index (χ0n) is 18.3. The topological polar surface area (TPSA) is 55.0 Å². The molecule has 0 saturated heterocycles. The number of ether oxygens (including phenoxy) is 1. The third kappa shape index (κ3) is 4.90. The van der Waals surface area contributed by atoms with Crippen LogP contribution in [0, 0.1) is 11.3 Å². The molecule has 4 aromatic rings. The second kappa shape index (κ2) is 9.98. The molecule has 4 rings (SSSR count). The first-order valence-electron chi connectivity index (χ1n) is 11.0. The summed E-state index contributed by atoms with van der Waals surface area (Å²) in [4.78, 5) is 11.8. The number of carbonyl (C=O) groups excluding carboxylic acids is 1. The number of esters is 1. The van der Waals surface area contributed by atoms with Crippen molar-refractivity contribution >= 4 is 16.9 Å². The van der Waals surface area contributed by atoms with Crippen LogP contribution in [0.4, 0.5) is 0 Å². The van der Waals surface area contributed by atoms with Gasteiger partial charge in [0.1, 0.15) is 0 Å². The molecule has 0 N–H and O–H groups in total. The first-order chi connectivity index (χ1) is 15.7. The number of nitrogens with zero attached hydrogens (tertiary/aromatic N) is 2. The minimum Gasteiger partial charge on any atom is -0.466 e. The first kappa shape index (κ1) is 21.4. The van der Waals surface area contributed by atoms with Gasteiger partial charge in [-0.15, -0.1) is 0 Å². The van der Waals surface area contributed by atoms with Gasteiger partial charge in [0.2, 0.25) is 0 Å². The standard InChI is InChI=1S/C28H26N2O2/c1-2-32-28(31)16-13-22-12-15-27-26(18-22)24(14-11-21-7-4-3-5-8-21)20-30(27)25-10-6-9-23(17-25)19-29/h3-10,12,15,17-18,20H,2,11,13-14,16H2,1H3. The van der Waals surface area contributed by atoms with E-state index in [1.807, 2.05) is 37.3 Å². The molecule has 3 aromatic carbocycles. The van der Waals surface area contributed by atoms with Gasteiger partial charge in [-0.05, 0) is 73.2 Å². The van der Waals surface area contributed by atoms with Gasteiger partial charge < -0.3 is 9.30 Å². The van der Waals surface area contributed by atoms with Crippen LogP contribution in [-0.4, -0.2) is 17.1 Å². The Labute approximate surface area is 188 Å². The number of nitriles is 1. The molecule has 0 aliphatic carbocycles. The van der Waals surface area contributed by atoms with Crippen molar-refractivity contribution in [3.8, 4) is 11.8 Å². The number of aromatic nitrogens is 1. The number of fused-ring (bicyclic) bond motifs is 1. The quantitative estimate of drug-likeness (QED) is 0.338. The molecule has 160 valence electrons. The number of carbonyl (C=O) groups is 1. The van der Waals surface area contributed by atoms with E-state index in [0.29, 0.717) is 25.0 Å². The van der Waals surface area contributed by atoms with Crippen molar-refractivity contribution < 1.29 is 9.53 Å². The fourth-order valence-corrected chi connectivity index (χ4v) is 4.04. The molecule has 0 bridgehead atoms. The second-order valence-electron chi connectivity index (χ2n) is 7.83. The third-order valence-corrected chi connectivity index (χ3v) is 5.65. The molecule has 0 aliphatic heterocycles. The van der Waals surface area contributed by atoms with Crippen molar-refractivity contribution in [3.63, 3.8) is 0 Å². The van der Waals surface area contributed by atoms with Crippen LogP contribution < -0.4 is 0 Å². The van der Waals surface area contributed by atoms with Crippen LogP contribution in [0.1, 0.15) is 35.6 Å². The normalized spacial score (nSPS) is 10.8. The molecule has 32 heavy (non-hydrogen) atoms. The summed E-state index contributed by atoms with van der Waals surface area (Å²) in [6, 6.07) is 26.8.